The Kier molecular flexibility index (Phi) is 5.47. The van der Waals surface area contributed by atoms with E-state index in [-0.39, 0.29) is 16.8 Å². The summed E-state index contributed by atoms with van der Waals surface area (Å²) in [6.45, 7) is 0. The molecule has 6 heteroatoms. The number of hydrogen-bond donors (Lipinski definition) is 1. The fraction of sp³-hybridized carbons (Fsp3) is 0.200. The van der Waals surface area contributed by atoms with Crippen LogP contribution in [0.5, 0.6) is 0 Å². The van der Waals surface area contributed by atoms with Crippen LogP contribution in [0.4, 0.5) is 11.4 Å². The zero-order chi connectivity index (χ0) is 21.4. The van der Waals surface area contributed by atoms with Gasteiger partial charge in [-0.05, 0) is 53.3 Å². The van der Waals surface area contributed by atoms with Gasteiger partial charge in [0.2, 0.25) is 0 Å². The third-order valence-corrected chi connectivity index (χ3v) is 7.50. The van der Waals surface area contributed by atoms with Gasteiger partial charge in [0.15, 0.2) is 0 Å². The molecule has 3 aromatic carbocycles. The lowest BCUT2D eigenvalue weighted by Gasteiger charge is -2.37. The third-order valence-electron chi connectivity index (χ3n) is 6.10. The molecule has 0 amide bonds. The Labute approximate surface area is 190 Å². The van der Waals surface area contributed by atoms with Gasteiger partial charge in [0.1, 0.15) is 5.02 Å². The summed E-state index contributed by atoms with van der Waals surface area (Å²) in [6, 6.07) is 22.2. The number of allylic oxidation sites excluding steroid dienone is 2. The van der Waals surface area contributed by atoms with Crippen LogP contribution < -0.4 is 5.32 Å². The van der Waals surface area contributed by atoms with Crippen molar-refractivity contribution in [3.05, 3.63) is 111 Å². The summed E-state index contributed by atoms with van der Waals surface area (Å²) in [5, 5.41) is 15.2. The molecule has 1 aliphatic carbocycles. The molecule has 3 aromatic rings. The predicted octanol–water partition coefficient (Wildman–Crippen LogP) is 7.37. The summed E-state index contributed by atoms with van der Waals surface area (Å²) < 4.78 is 0. The number of nitro groups is 1. The van der Waals surface area contributed by atoms with E-state index in [2.05, 4.69) is 59.9 Å². The second kappa shape index (κ2) is 8.40. The minimum Gasteiger partial charge on any atom is -0.378 e. The molecule has 0 spiro atoms. The molecule has 1 aliphatic heterocycles. The van der Waals surface area contributed by atoms with Gasteiger partial charge < -0.3 is 5.32 Å². The molecule has 0 bridgehead atoms. The largest absolute Gasteiger partial charge is 0.378 e. The molecule has 0 unspecified atom stereocenters. The van der Waals surface area contributed by atoms with Crippen LogP contribution in [0.25, 0.3) is 0 Å². The van der Waals surface area contributed by atoms with Gasteiger partial charge in [0.25, 0.3) is 5.69 Å². The molecule has 1 N–H and O–H groups in total. The molecule has 156 valence electrons. The first-order valence-corrected chi connectivity index (χ1v) is 11.6. The summed E-state index contributed by atoms with van der Waals surface area (Å²) in [5.41, 5.74) is 4.58. The lowest BCUT2D eigenvalue weighted by atomic mass is 9.76. The van der Waals surface area contributed by atoms with E-state index in [1.165, 1.54) is 16.0 Å². The highest BCUT2D eigenvalue weighted by atomic mass is 35.5. The van der Waals surface area contributed by atoms with E-state index >= 15 is 0 Å². The molecule has 3 atom stereocenters. The fourth-order valence-corrected chi connectivity index (χ4v) is 5.66. The van der Waals surface area contributed by atoms with Crippen molar-refractivity contribution in [3.8, 4) is 0 Å². The Morgan fingerprint density at radius 2 is 1.94 bits per heavy atom. The number of fused-ring (bicyclic) bond motifs is 3. The average Bonchev–Trinajstić information content (AvgIpc) is 3.28. The summed E-state index contributed by atoms with van der Waals surface area (Å²) in [4.78, 5) is 12.2. The standard InChI is InChI=1S/C25H21ClN2O2S/c26-22-11-10-17(14-24(22)28(29)30)25-20-8-4-7-19(20)21-13-16(9-12-23(21)27-25)15-31-18-5-2-1-3-6-18/h1-7,9-14,19-20,25,27H,8,15H2/t19-,20+,25+/m1/s1. The van der Waals surface area contributed by atoms with Crippen molar-refractivity contribution in [2.75, 3.05) is 5.32 Å². The van der Waals surface area contributed by atoms with Crippen LogP contribution in [-0.2, 0) is 5.75 Å². The fourth-order valence-electron chi connectivity index (χ4n) is 4.61. The van der Waals surface area contributed by atoms with Crippen LogP contribution in [0.15, 0.2) is 83.8 Å². The average molecular weight is 449 g/mol. The van der Waals surface area contributed by atoms with E-state index in [1.54, 1.807) is 12.1 Å². The van der Waals surface area contributed by atoms with E-state index < -0.39 is 4.92 Å². The monoisotopic (exact) mass is 448 g/mol. The summed E-state index contributed by atoms with van der Waals surface area (Å²) in [5.74, 6) is 1.55. The van der Waals surface area contributed by atoms with Crippen LogP contribution in [0.3, 0.4) is 0 Å². The first kappa shape index (κ1) is 20.2. The molecule has 31 heavy (non-hydrogen) atoms. The van der Waals surface area contributed by atoms with Crippen molar-refractivity contribution in [3.63, 3.8) is 0 Å². The van der Waals surface area contributed by atoms with E-state index in [1.807, 2.05) is 23.9 Å². The minimum absolute atomic E-state index is 0.00742. The first-order valence-electron chi connectivity index (χ1n) is 10.3. The second-order valence-electron chi connectivity index (χ2n) is 7.97. The molecule has 0 aromatic heterocycles. The Balaban J connectivity index is 1.43. The zero-order valence-corrected chi connectivity index (χ0v) is 18.3. The minimum atomic E-state index is -0.413. The van der Waals surface area contributed by atoms with Crippen LogP contribution in [0.1, 0.15) is 35.1 Å². The number of benzene rings is 3. The number of nitrogens with zero attached hydrogens (tertiary/aromatic N) is 1. The van der Waals surface area contributed by atoms with Crippen LogP contribution in [-0.4, -0.2) is 4.92 Å². The molecule has 0 fully saturated rings. The maximum Gasteiger partial charge on any atom is 0.288 e. The van der Waals surface area contributed by atoms with E-state index in [0.29, 0.717) is 11.8 Å². The topological polar surface area (TPSA) is 55.2 Å². The van der Waals surface area contributed by atoms with Crippen LogP contribution in [0, 0.1) is 16.0 Å². The van der Waals surface area contributed by atoms with E-state index in [9.17, 15) is 10.1 Å². The highest BCUT2D eigenvalue weighted by molar-refractivity contribution is 7.98. The van der Waals surface area contributed by atoms with Crippen molar-refractivity contribution >= 4 is 34.7 Å². The van der Waals surface area contributed by atoms with Crippen molar-refractivity contribution in [2.45, 2.75) is 29.0 Å². The molecule has 0 radical (unpaired) electrons. The smallest absolute Gasteiger partial charge is 0.288 e. The molecule has 4 nitrogen and oxygen atoms in total. The van der Waals surface area contributed by atoms with Gasteiger partial charge in [-0.1, -0.05) is 60.2 Å². The highest BCUT2D eigenvalue weighted by Gasteiger charge is 2.38. The number of rotatable bonds is 5. The Bertz CT molecular complexity index is 1170. The zero-order valence-electron chi connectivity index (χ0n) is 16.7. The third kappa shape index (κ3) is 3.95. The normalized spacial score (nSPS) is 21.3. The number of nitrogens with one attached hydrogen (secondary N) is 1. The van der Waals surface area contributed by atoms with Crippen LogP contribution in [0.2, 0.25) is 5.02 Å². The second-order valence-corrected chi connectivity index (χ2v) is 9.42. The summed E-state index contributed by atoms with van der Waals surface area (Å²) >= 11 is 7.88. The molecule has 5 rings (SSSR count). The lowest BCUT2D eigenvalue weighted by molar-refractivity contribution is -0.384. The molecule has 0 saturated heterocycles. The van der Waals surface area contributed by atoms with Gasteiger partial charge in [0, 0.05) is 28.3 Å². The van der Waals surface area contributed by atoms with Crippen LogP contribution >= 0.6 is 23.4 Å². The van der Waals surface area contributed by atoms with E-state index in [0.717, 1.165) is 23.4 Å². The number of hydrogen-bond acceptors (Lipinski definition) is 4. The van der Waals surface area contributed by atoms with Gasteiger partial charge >= 0.3 is 0 Å². The number of anilines is 1. The SMILES string of the molecule is O=[N+]([O-])c1cc([C@@H]2Nc3ccc(CSc4ccccc4)cc3[C@@H]3C=CC[C@@H]32)ccc1Cl. The Morgan fingerprint density at radius 3 is 2.74 bits per heavy atom. The van der Waals surface area contributed by atoms with Crippen molar-refractivity contribution < 1.29 is 4.92 Å². The predicted molar refractivity (Wildman–Crippen MR) is 127 cm³/mol. The Morgan fingerprint density at radius 1 is 1.10 bits per heavy atom. The molecular formula is C25H21ClN2O2S. The number of thioether (sulfide) groups is 1. The maximum absolute atomic E-state index is 11.4. The number of nitro benzene ring substituents is 1. The van der Waals surface area contributed by atoms with Gasteiger partial charge in [-0.2, -0.15) is 0 Å². The van der Waals surface area contributed by atoms with Gasteiger partial charge in [-0.25, -0.2) is 0 Å². The van der Waals surface area contributed by atoms with Gasteiger partial charge in [-0.3, -0.25) is 10.1 Å². The number of halogens is 1. The van der Waals surface area contributed by atoms with E-state index in [4.69, 9.17) is 11.6 Å². The first-order chi connectivity index (χ1) is 15.1. The molecule has 0 saturated carbocycles. The van der Waals surface area contributed by atoms with Crippen molar-refractivity contribution in [2.24, 2.45) is 5.92 Å². The quantitative estimate of drug-likeness (QED) is 0.191. The molecule has 1 heterocycles. The summed E-state index contributed by atoms with van der Waals surface area (Å²) in [7, 11) is 0. The maximum atomic E-state index is 11.4. The molecular weight excluding hydrogens is 428 g/mol. The van der Waals surface area contributed by atoms with Crippen molar-refractivity contribution in [1.82, 2.24) is 0 Å². The molecule has 2 aliphatic rings. The lowest BCUT2D eigenvalue weighted by Crippen LogP contribution is -2.29. The summed E-state index contributed by atoms with van der Waals surface area (Å²) in [6.07, 6.45) is 5.46. The highest BCUT2D eigenvalue weighted by Crippen LogP contribution is 2.50. The van der Waals surface area contributed by atoms with Gasteiger partial charge in [0.05, 0.1) is 11.0 Å². The van der Waals surface area contributed by atoms with Crippen molar-refractivity contribution in [1.29, 1.82) is 0 Å². The Hall–Kier alpha value is -2.76. The van der Waals surface area contributed by atoms with Gasteiger partial charge in [-0.15, -0.1) is 11.8 Å².